The highest BCUT2D eigenvalue weighted by Crippen LogP contribution is 2.40. The number of phenolic OH excluding ortho intramolecular Hbond substituents is 1. The first kappa shape index (κ1) is 20.6. The summed E-state index contributed by atoms with van der Waals surface area (Å²) in [6.07, 6.45) is 3.85. The van der Waals surface area contributed by atoms with Crippen LogP contribution >= 0.6 is 0 Å². The highest BCUT2D eigenvalue weighted by molar-refractivity contribution is 7.91. The second-order valence-electron chi connectivity index (χ2n) is 7.55. The van der Waals surface area contributed by atoms with Gasteiger partial charge in [-0.05, 0) is 36.1 Å². The molecule has 2 atom stereocenters. The van der Waals surface area contributed by atoms with E-state index in [2.05, 4.69) is 12.2 Å². The Morgan fingerprint density at radius 3 is 2.54 bits per heavy atom. The van der Waals surface area contributed by atoms with Gasteiger partial charge in [-0.1, -0.05) is 57.0 Å². The van der Waals surface area contributed by atoms with Crippen LogP contribution in [0, 0.1) is 0 Å². The third-order valence-electron chi connectivity index (χ3n) is 5.67. The molecule has 1 aliphatic heterocycles. The molecule has 3 rings (SSSR count). The van der Waals surface area contributed by atoms with Crippen molar-refractivity contribution in [2.75, 3.05) is 5.75 Å². The Morgan fingerprint density at radius 2 is 1.93 bits per heavy atom. The zero-order chi connectivity index (χ0) is 20.4. The topological polar surface area (TPSA) is 83.5 Å². The molecule has 0 aliphatic carbocycles. The van der Waals surface area contributed by atoms with E-state index in [1.165, 1.54) is 12.1 Å². The number of aldehydes is 1. The number of rotatable bonds is 6. The second kappa shape index (κ2) is 8.05. The SMILES string of the molecule is CCCC[C@]1(CC)CS(=O)(=O)c2cc(O)c(C=O)cc2[C@H](c2ccccc2)N1. The van der Waals surface area contributed by atoms with Crippen LogP contribution in [0.3, 0.4) is 0 Å². The van der Waals surface area contributed by atoms with Crippen LogP contribution in [0.15, 0.2) is 47.4 Å². The van der Waals surface area contributed by atoms with Gasteiger partial charge in [-0.3, -0.25) is 10.1 Å². The van der Waals surface area contributed by atoms with E-state index in [-0.39, 0.29) is 28.0 Å². The molecule has 0 radical (unpaired) electrons. The molecule has 0 saturated heterocycles. The summed E-state index contributed by atoms with van der Waals surface area (Å²) in [7, 11) is -3.66. The van der Waals surface area contributed by atoms with Gasteiger partial charge in [0.2, 0.25) is 0 Å². The van der Waals surface area contributed by atoms with Crippen molar-refractivity contribution in [1.82, 2.24) is 5.32 Å². The first-order chi connectivity index (χ1) is 13.4. The molecule has 0 amide bonds. The van der Waals surface area contributed by atoms with Gasteiger partial charge in [-0.15, -0.1) is 0 Å². The summed E-state index contributed by atoms with van der Waals surface area (Å²) < 4.78 is 26.6. The van der Waals surface area contributed by atoms with Crippen LogP contribution in [-0.2, 0) is 9.84 Å². The molecule has 0 aromatic heterocycles. The summed E-state index contributed by atoms with van der Waals surface area (Å²) in [6, 6.07) is 12.0. The smallest absolute Gasteiger partial charge is 0.180 e. The Kier molecular flexibility index (Phi) is 5.91. The van der Waals surface area contributed by atoms with Crippen LogP contribution < -0.4 is 5.32 Å². The summed E-state index contributed by atoms with van der Waals surface area (Å²) in [5, 5.41) is 13.8. The monoisotopic (exact) mass is 401 g/mol. The fourth-order valence-electron chi connectivity index (χ4n) is 4.01. The number of hydrogen-bond acceptors (Lipinski definition) is 5. The van der Waals surface area contributed by atoms with Gasteiger partial charge in [0.1, 0.15) is 5.75 Å². The maximum absolute atomic E-state index is 13.3. The summed E-state index contributed by atoms with van der Waals surface area (Å²) in [4.78, 5) is 11.5. The lowest BCUT2D eigenvalue weighted by Gasteiger charge is -2.36. The molecule has 1 heterocycles. The predicted octanol–water partition coefficient (Wildman–Crippen LogP) is 4.01. The van der Waals surface area contributed by atoms with Crippen molar-refractivity contribution >= 4 is 16.1 Å². The Hall–Kier alpha value is -2.18. The highest BCUT2D eigenvalue weighted by atomic mass is 32.2. The van der Waals surface area contributed by atoms with E-state index in [0.29, 0.717) is 18.3 Å². The first-order valence-corrected chi connectivity index (χ1v) is 11.4. The van der Waals surface area contributed by atoms with Crippen molar-refractivity contribution < 1.29 is 18.3 Å². The number of benzene rings is 2. The molecular weight excluding hydrogens is 374 g/mol. The Morgan fingerprint density at radius 1 is 1.21 bits per heavy atom. The van der Waals surface area contributed by atoms with Crippen LogP contribution in [-0.4, -0.2) is 31.1 Å². The molecule has 0 fully saturated rings. The van der Waals surface area contributed by atoms with Crippen LogP contribution in [0.2, 0.25) is 0 Å². The van der Waals surface area contributed by atoms with Crippen LogP contribution in [0.4, 0.5) is 0 Å². The average Bonchev–Trinajstić information content (AvgIpc) is 2.79. The molecule has 0 bridgehead atoms. The minimum absolute atomic E-state index is 0.0350. The minimum Gasteiger partial charge on any atom is -0.507 e. The number of sulfone groups is 1. The van der Waals surface area contributed by atoms with E-state index in [9.17, 15) is 18.3 Å². The first-order valence-electron chi connectivity index (χ1n) is 9.73. The van der Waals surface area contributed by atoms with Crippen LogP contribution in [0.1, 0.15) is 67.1 Å². The predicted molar refractivity (Wildman–Crippen MR) is 110 cm³/mol. The molecule has 1 aliphatic rings. The van der Waals surface area contributed by atoms with Crippen molar-refractivity contribution in [3.63, 3.8) is 0 Å². The van der Waals surface area contributed by atoms with Crippen molar-refractivity contribution in [2.45, 2.75) is 56.0 Å². The van der Waals surface area contributed by atoms with Crippen LogP contribution in [0.25, 0.3) is 0 Å². The normalized spacial score (nSPS) is 23.6. The van der Waals surface area contributed by atoms with Crippen molar-refractivity contribution in [1.29, 1.82) is 0 Å². The van der Waals surface area contributed by atoms with E-state index >= 15 is 0 Å². The molecule has 0 saturated carbocycles. The van der Waals surface area contributed by atoms with Gasteiger partial charge in [0.05, 0.1) is 22.3 Å². The lowest BCUT2D eigenvalue weighted by atomic mass is 9.87. The standard InChI is InChI=1S/C22H27NO4S/c1-3-5-11-22(4-2)15-28(26,27)20-13-19(25)17(14-24)12-18(20)21(23-22)16-9-7-6-8-10-16/h6-10,12-14,21,23,25H,3-5,11,15H2,1-2H3/t21-,22+/m0/s1. The van der Waals surface area contributed by atoms with Gasteiger partial charge in [-0.25, -0.2) is 8.42 Å². The molecule has 150 valence electrons. The molecule has 2 aromatic rings. The van der Waals surface area contributed by atoms with Crippen molar-refractivity contribution in [3.05, 3.63) is 59.2 Å². The van der Waals surface area contributed by atoms with Gasteiger partial charge >= 0.3 is 0 Å². The fourth-order valence-corrected chi connectivity index (χ4v) is 6.15. The molecule has 2 aromatic carbocycles. The number of aromatic hydroxyl groups is 1. The number of carbonyl (C=O) groups excluding carboxylic acids is 1. The zero-order valence-corrected chi connectivity index (χ0v) is 17.1. The number of unbranched alkanes of at least 4 members (excludes halogenated alkanes) is 1. The Balaban J connectivity index is 2.27. The van der Waals surface area contributed by atoms with Crippen molar-refractivity contribution in [2.24, 2.45) is 0 Å². The fraction of sp³-hybridized carbons (Fsp3) is 0.409. The van der Waals surface area contributed by atoms with Gasteiger partial charge in [0.15, 0.2) is 16.1 Å². The van der Waals surface area contributed by atoms with E-state index < -0.39 is 15.4 Å². The maximum Gasteiger partial charge on any atom is 0.180 e. The second-order valence-corrected chi connectivity index (χ2v) is 9.51. The summed E-state index contributed by atoms with van der Waals surface area (Å²) >= 11 is 0. The lowest BCUT2D eigenvalue weighted by molar-refractivity contribution is 0.112. The zero-order valence-electron chi connectivity index (χ0n) is 16.3. The number of fused-ring (bicyclic) bond motifs is 1. The Labute approximate surface area is 166 Å². The van der Waals surface area contributed by atoms with E-state index in [1.54, 1.807) is 0 Å². The average molecular weight is 402 g/mol. The third-order valence-corrected chi connectivity index (χ3v) is 7.62. The van der Waals surface area contributed by atoms with E-state index in [1.807, 2.05) is 37.3 Å². The number of phenols is 1. The molecule has 0 spiro atoms. The molecule has 0 unspecified atom stereocenters. The third kappa shape index (κ3) is 3.84. The number of hydrogen-bond donors (Lipinski definition) is 2. The lowest BCUT2D eigenvalue weighted by Crippen LogP contribution is -2.50. The number of nitrogens with one attached hydrogen (secondary N) is 1. The summed E-state index contributed by atoms with van der Waals surface area (Å²) in [6.45, 7) is 4.09. The summed E-state index contributed by atoms with van der Waals surface area (Å²) in [5.74, 6) is -0.339. The summed E-state index contributed by atoms with van der Waals surface area (Å²) in [5.41, 5.74) is 0.954. The van der Waals surface area contributed by atoms with Crippen LogP contribution in [0.5, 0.6) is 5.75 Å². The Bertz CT molecular complexity index is 956. The molecule has 5 nitrogen and oxygen atoms in total. The maximum atomic E-state index is 13.3. The molecule has 28 heavy (non-hydrogen) atoms. The van der Waals surface area contributed by atoms with E-state index in [0.717, 1.165) is 24.8 Å². The van der Waals surface area contributed by atoms with Gasteiger partial charge in [0.25, 0.3) is 0 Å². The van der Waals surface area contributed by atoms with Gasteiger partial charge in [0, 0.05) is 5.54 Å². The molecular formula is C22H27NO4S. The largest absolute Gasteiger partial charge is 0.507 e. The highest BCUT2D eigenvalue weighted by Gasteiger charge is 2.42. The molecule has 6 heteroatoms. The van der Waals surface area contributed by atoms with Crippen molar-refractivity contribution in [3.8, 4) is 5.75 Å². The molecule has 2 N–H and O–H groups in total. The quantitative estimate of drug-likeness (QED) is 0.715. The van der Waals surface area contributed by atoms with E-state index in [4.69, 9.17) is 0 Å². The van der Waals surface area contributed by atoms with Gasteiger partial charge in [-0.2, -0.15) is 0 Å². The minimum atomic E-state index is -3.66. The van der Waals surface area contributed by atoms with Gasteiger partial charge < -0.3 is 5.11 Å². The number of carbonyl (C=O) groups is 1.